The van der Waals surface area contributed by atoms with E-state index in [0.717, 1.165) is 12.8 Å². The molecular weight excluding hydrogens is 198 g/mol. The molecule has 1 aliphatic carbocycles. The Morgan fingerprint density at radius 3 is 2.19 bits per heavy atom. The van der Waals surface area contributed by atoms with Gasteiger partial charge in [-0.25, -0.2) is 0 Å². The SMILES string of the molecule is CC(C)C(=O)C(N)C1Cc2ccccc2C1. The van der Waals surface area contributed by atoms with Gasteiger partial charge in [-0.3, -0.25) is 4.79 Å². The molecule has 1 aliphatic rings. The third kappa shape index (κ3) is 2.03. The van der Waals surface area contributed by atoms with Gasteiger partial charge in [0.25, 0.3) is 0 Å². The second-order valence-electron chi connectivity index (χ2n) is 5.02. The minimum Gasteiger partial charge on any atom is -0.321 e. The maximum Gasteiger partial charge on any atom is 0.152 e. The van der Waals surface area contributed by atoms with Crippen molar-refractivity contribution in [3.05, 3.63) is 35.4 Å². The van der Waals surface area contributed by atoms with Gasteiger partial charge in [-0.1, -0.05) is 38.1 Å². The molecule has 2 N–H and O–H groups in total. The van der Waals surface area contributed by atoms with Gasteiger partial charge in [0, 0.05) is 5.92 Å². The summed E-state index contributed by atoms with van der Waals surface area (Å²) in [5.74, 6) is 0.531. The molecule has 0 bridgehead atoms. The Labute approximate surface area is 96.8 Å². The van der Waals surface area contributed by atoms with Gasteiger partial charge in [0.1, 0.15) is 0 Å². The first kappa shape index (κ1) is 11.3. The Kier molecular flexibility index (Phi) is 3.10. The summed E-state index contributed by atoms with van der Waals surface area (Å²) in [7, 11) is 0. The fourth-order valence-electron chi connectivity index (χ4n) is 2.46. The summed E-state index contributed by atoms with van der Waals surface area (Å²) < 4.78 is 0. The summed E-state index contributed by atoms with van der Waals surface area (Å²) in [5.41, 5.74) is 8.77. The Hall–Kier alpha value is -1.15. The van der Waals surface area contributed by atoms with E-state index >= 15 is 0 Å². The molecular formula is C14H19NO. The van der Waals surface area contributed by atoms with Crippen molar-refractivity contribution in [1.82, 2.24) is 0 Å². The molecule has 0 spiro atoms. The van der Waals surface area contributed by atoms with Crippen LogP contribution < -0.4 is 5.73 Å². The molecule has 1 aromatic rings. The number of hydrogen-bond donors (Lipinski definition) is 1. The van der Waals surface area contributed by atoms with E-state index in [9.17, 15) is 4.79 Å². The van der Waals surface area contributed by atoms with Crippen LogP contribution in [0.4, 0.5) is 0 Å². The van der Waals surface area contributed by atoms with E-state index < -0.39 is 0 Å². The number of fused-ring (bicyclic) bond motifs is 1. The van der Waals surface area contributed by atoms with Crippen molar-refractivity contribution in [1.29, 1.82) is 0 Å². The van der Waals surface area contributed by atoms with Crippen LogP contribution >= 0.6 is 0 Å². The number of nitrogens with two attached hydrogens (primary N) is 1. The van der Waals surface area contributed by atoms with E-state index in [4.69, 9.17) is 5.73 Å². The molecule has 2 rings (SSSR count). The molecule has 16 heavy (non-hydrogen) atoms. The van der Waals surface area contributed by atoms with Gasteiger partial charge >= 0.3 is 0 Å². The molecule has 0 fully saturated rings. The summed E-state index contributed by atoms with van der Waals surface area (Å²) >= 11 is 0. The predicted molar refractivity (Wildman–Crippen MR) is 65.2 cm³/mol. The Morgan fingerprint density at radius 2 is 1.75 bits per heavy atom. The number of carbonyl (C=O) groups is 1. The van der Waals surface area contributed by atoms with Crippen LogP contribution in [-0.2, 0) is 17.6 Å². The third-order valence-corrected chi connectivity index (χ3v) is 3.49. The summed E-state index contributed by atoms with van der Waals surface area (Å²) in [4.78, 5) is 11.9. The van der Waals surface area contributed by atoms with E-state index in [-0.39, 0.29) is 17.7 Å². The van der Waals surface area contributed by atoms with E-state index in [1.807, 2.05) is 13.8 Å². The Morgan fingerprint density at radius 1 is 1.25 bits per heavy atom. The van der Waals surface area contributed by atoms with Crippen molar-refractivity contribution in [3.8, 4) is 0 Å². The first-order chi connectivity index (χ1) is 7.59. The molecule has 0 aliphatic heterocycles. The Balaban J connectivity index is 2.09. The molecule has 1 atom stereocenters. The van der Waals surface area contributed by atoms with Crippen LogP contribution in [0.25, 0.3) is 0 Å². The standard InChI is InChI=1S/C14H19NO/c1-9(2)14(16)13(15)12-7-10-5-3-4-6-11(10)8-12/h3-6,9,12-13H,7-8,15H2,1-2H3. The lowest BCUT2D eigenvalue weighted by Crippen LogP contribution is -2.40. The van der Waals surface area contributed by atoms with E-state index in [1.165, 1.54) is 11.1 Å². The lowest BCUT2D eigenvalue weighted by Gasteiger charge is -2.19. The average Bonchev–Trinajstić information content (AvgIpc) is 2.70. The van der Waals surface area contributed by atoms with Crippen molar-refractivity contribution in [2.45, 2.75) is 32.7 Å². The highest BCUT2D eigenvalue weighted by Crippen LogP contribution is 2.28. The van der Waals surface area contributed by atoms with Crippen LogP contribution in [0.2, 0.25) is 0 Å². The van der Waals surface area contributed by atoms with Crippen LogP contribution in [0.5, 0.6) is 0 Å². The van der Waals surface area contributed by atoms with Gasteiger partial charge in [-0.15, -0.1) is 0 Å². The van der Waals surface area contributed by atoms with Gasteiger partial charge < -0.3 is 5.73 Å². The van der Waals surface area contributed by atoms with E-state index in [0.29, 0.717) is 5.92 Å². The van der Waals surface area contributed by atoms with Gasteiger partial charge in [0.15, 0.2) is 5.78 Å². The maximum absolute atomic E-state index is 11.9. The van der Waals surface area contributed by atoms with E-state index in [2.05, 4.69) is 24.3 Å². The van der Waals surface area contributed by atoms with Crippen LogP contribution in [-0.4, -0.2) is 11.8 Å². The molecule has 1 aromatic carbocycles. The van der Waals surface area contributed by atoms with Gasteiger partial charge in [0.05, 0.1) is 6.04 Å². The molecule has 0 heterocycles. The third-order valence-electron chi connectivity index (χ3n) is 3.49. The smallest absolute Gasteiger partial charge is 0.152 e. The highest BCUT2D eigenvalue weighted by Gasteiger charge is 2.31. The first-order valence-corrected chi connectivity index (χ1v) is 5.95. The minimum absolute atomic E-state index is 0.0405. The van der Waals surface area contributed by atoms with Crippen LogP contribution in [0.15, 0.2) is 24.3 Å². The molecule has 0 saturated heterocycles. The summed E-state index contributed by atoms with van der Waals surface area (Å²) in [6, 6.07) is 8.09. The molecule has 0 amide bonds. The molecule has 0 saturated carbocycles. The molecule has 86 valence electrons. The van der Waals surface area contributed by atoms with Crippen LogP contribution in [0.1, 0.15) is 25.0 Å². The van der Waals surface area contributed by atoms with Crippen molar-refractivity contribution in [2.75, 3.05) is 0 Å². The number of rotatable bonds is 3. The topological polar surface area (TPSA) is 43.1 Å². The fraction of sp³-hybridized carbons (Fsp3) is 0.500. The molecule has 0 aromatic heterocycles. The van der Waals surface area contributed by atoms with Gasteiger partial charge in [0.2, 0.25) is 0 Å². The number of hydrogen-bond acceptors (Lipinski definition) is 2. The lowest BCUT2D eigenvalue weighted by molar-refractivity contribution is -0.124. The highest BCUT2D eigenvalue weighted by atomic mass is 16.1. The zero-order valence-electron chi connectivity index (χ0n) is 9.94. The van der Waals surface area contributed by atoms with Crippen molar-refractivity contribution >= 4 is 5.78 Å². The number of Topliss-reactive ketones (excluding diaryl/α,β-unsaturated/α-hetero) is 1. The van der Waals surface area contributed by atoms with Crippen molar-refractivity contribution in [3.63, 3.8) is 0 Å². The van der Waals surface area contributed by atoms with Crippen molar-refractivity contribution < 1.29 is 4.79 Å². The normalized spacial score (nSPS) is 17.5. The monoisotopic (exact) mass is 217 g/mol. The zero-order chi connectivity index (χ0) is 11.7. The van der Waals surface area contributed by atoms with Gasteiger partial charge in [-0.2, -0.15) is 0 Å². The van der Waals surface area contributed by atoms with E-state index in [1.54, 1.807) is 0 Å². The summed E-state index contributed by atoms with van der Waals surface area (Å²) in [6.45, 7) is 3.84. The van der Waals surface area contributed by atoms with Gasteiger partial charge in [-0.05, 0) is 29.9 Å². The number of carbonyl (C=O) groups excluding carboxylic acids is 1. The first-order valence-electron chi connectivity index (χ1n) is 5.95. The minimum atomic E-state index is -0.299. The predicted octanol–water partition coefficient (Wildman–Crippen LogP) is 1.95. The lowest BCUT2D eigenvalue weighted by atomic mass is 9.89. The largest absolute Gasteiger partial charge is 0.321 e. The van der Waals surface area contributed by atoms with Crippen LogP contribution in [0, 0.1) is 11.8 Å². The number of ketones is 1. The average molecular weight is 217 g/mol. The summed E-state index contributed by atoms with van der Waals surface area (Å²) in [6.07, 6.45) is 1.91. The summed E-state index contributed by atoms with van der Waals surface area (Å²) in [5, 5.41) is 0. The molecule has 1 unspecified atom stereocenters. The second-order valence-corrected chi connectivity index (χ2v) is 5.02. The quantitative estimate of drug-likeness (QED) is 0.841. The fourth-order valence-corrected chi connectivity index (χ4v) is 2.46. The molecule has 0 radical (unpaired) electrons. The van der Waals surface area contributed by atoms with Crippen molar-refractivity contribution in [2.24, 2.45) is 17.6 Å². The zero-order valence-corrected chi connectivity index (χ0v) is 9.94. The highest BCUT2D eigenvalue weighted by molar-refractivity contribution is 5.86. The Bertz CT molecular complexity index is 372. The molecule has 2 heteroatoms. The molecule has 2 nitrogen and oxygen atoms in total. The second kappa shape index (κ2) is 4.38. The van der Waals surface area contributed by atoms with Crippen LogP contribution in [0.3, 0.4) is 0 Å². The number of benzene rings is 1. The maximum atomic E-state index is 11.9.